The Morgan fingerprint density at radius 2 is 2.18 bits per heavy atom. The number of nitrogens with zero attached hydrogens (tertiary/aromatic N) is 2. The maximum absolute atomic E-state index is 13.1. The Morgan fingerprint density at radius 1 is 1.45 bits per heavy atom. The van der Waals surface area contributed by atoms with E-state index in [2.05, 4.69) is 10.3 Å². The Morgan fingerprint density at radius 3 is 2.77 bits per heavy atom. The number of hydrogen-bond acceptors (Lipinski definition) is 4. The lowest BCUT2D eigenvalue weighted by Crippen LogP contribution is -2.09. The number of nitriles is 1. The van der Waals surface area contributed by atoms with Crippen molar-refractivity contribution in [1.29, 1.82) is 5.26 Å². The molecule has 2 aromatic rings. The van der Waals surface area contributed by atoms with Crippen LogP contribution in [0.4, 0.5) is 18.3 Å². The molecule has 1 N–H and O–H groups in total. The zero-order chi connectivity index (χ0) is 16.3. The summed E-state index contributed by atoms with van der Waals surface area (Å²) in [7, 11) is 0. The first kappa shape index (κ1) is 16.0. The van der Waals surface area contributed by atoms with Crippen molar-refractivity contribution in [3.63, 3.8) is 0 Å². The molecule has 0 radical (unpaired) electrons. The van der Waals surface area contributed by atoms with E-state index in [4.69, 9.17) is 5.26 Å². The number of aromatic nitrogens is 1. The largest absolute Gasteiger partial charge is 0.416 e. The molecule has 1 heterocycles. The van der Waals surface area contributed by atoms with Crippen LogP contribution < -0.4 is 5.32 Å². The summed E-state index contributed by atoms with van der Waals surface area (Å²) in [6.45, 7) is 1.32. The second kappa shape index (κ2) is 6.15. The van der Waals surface area contributed by atoms with Gasteiger partial charge in [0.05, 0.1) is 17.2 Å². The summed E-state index contributed by atoms with van der Waals surface area (Å²) >= 11 is 1.11. The molecule has 1 amide bonds. The van der Waals surface area contributed by atoms with Gasteiger partial charge in [0, 0.05) is 24.4 Å². The van der Waals surface area contributed by atoms with Crippen molar-refractivity contribution >= 4 is 22.4 Å². The first-order valence-corrected chi connectivity index (χ1v) is 6.94. The molecule has 22 heavy (non-hydrogen) atoms. The van der Waals surface area contributed by atoms with E-state index in [1.807, 2.05) is 0 Å². The zero-order valence-electron chi connectivity index (χ0n) is 11.4. The number of benzene rings is 1. The predicted molar refractivity (Wildman–Crippen MR) is 75.4 cm³/mol. The Hall–Kier alpha value is -2.40. The first-order chi connectivity index (χ1) is 10.3. The number of anilines is 1. The van der Waals surface area contributed by atoms with Crippen LogP contribution in [0, 0.1) is 11.3 Å². The average Bonchev–Trinajstić information content (AvgIpc) is 2.84. The quantitative estimate of drug-likeness (QED) is 0.938. The molecule has 1 aromatic heterocycles. The van der Waals surface area contributed by atoms with E-state index in [-0.39, 0.29) is 23.5 Å². The van der Waals surface area contributed by atoms with Gasteiger partial charge in [0.15, 0.2) is 5.13 Å². The van der Waals surface area contributed by atoms with Gasteiger partial charge in [-0.15, -0.1) is 11.3 Å². The van der Waals surface area contributed by atoms with Gasteiger partial charge < -0.3 is 5.32 Å². The molecular weight excluding hydrogens is 315 g/mol. The summed E-state index contributed by atoms with van der Waals surface area (Å²) < 4.78 is 39.2. The lowest BCUT2D eigenvalue weighted by molar-refractivity contribution is -0.138. The van der Waals surface area contributed by atoms with Crippen LogP contribution in [-0.4, -0.2) is 10.9 Å². The number of amides is 1. The first-order valence-electron chi connectivity index (χ1n) is 6.12. The smallest absolute Gasteiger partial charge is 0.302 e. The maximum atomic E-state index is 13.1. The molecular formula is C14H10F3N3OS. The molecule has 2 rings (SSSR count). The molecule has 0 aliphatic rings. The van der Waals surface area contributed by atoms with E-state index in [0.29, 0.717) is 10.0 Å². The molecule has 0 aliphatic heterocycles. The fourth-order valence-corrected chi connectivity index (χ4v) is 2.73. The number of carbonyl (C=O) groups excluding carboxylic acids is 1. The number of nitrogens with one attached hydrogen (secondary N) is 1. The summed E-state index contributed by atoms with van der Waals surface area (Å²) in [5.74, 6) is -0.296. The Labute approximate surface area is 128 Å². The van der Waals surface area contributed by atoms with Crippen LogP contribution in [0.15, 0.2) is 24.4 Å². The fraction of sp³-hybridized carbons (Fsp3) is 0.214. The van der Waals surface area contributed by atoms with Gasteiger partial charge in [0.1, 0.15) is 0 Å². The molecule has 0 atom stereocenters. The highest BCUT2D eigenvalue weighted by molar-refractivity contribution is 7.15. The third-order valence-electron chi connectivity index (χ3n) is 2.75. The summed E-state index contributed by atoms with van der Waals surface area (Å²) in [5.41, 5.74) is -0.815. The van der Waals surface area contributed by atoms with Gasteiger partial charge in [-0.3, -0.25) is 4.79 Å². The van der Waals surface area contributed by atoms with Crippen LogP contribution in [0.1, 0.15) is 28.5 Å². The highest BCUT2D eigenvalue weighted by Crippen LogP contribution is 2.34. The minimum absolute atomic E-state index is 0.0256. The van der Waals surface area contributed by atoms with Crippen LogP contribution in [0.3, 0.4) is 0 Å². The highest BCUT2D eigenvalue weighted by Gasteiger charge is 2.33. The van der Waals surface area contributed by atoms with E-state index in [9.17, 15) is 18.0 Å². The van der Waals surface area contributed by atoms with Gasteiger partial charge in [-0.2, -0.15) is 18.4 Å². The van der Waals surface area contributed by atoms with E-state index >= 15 is 0 Å². The van der Waals surface area contributed by atoms with Gasteiger partial charge in [-0.05, 0) is 17.7 Å². The third-order valence-corrected chi connectivity index (χ3v) is 3.66. The number of alkyl halides is 3. The van der Waals surface area contributed by atoms with Crippen molar-refractivity contribution in [2.45, 2.75) is 19.5 Å². The van der Waals surface area contributed by atoms with Crippen LogP contribution >= 0.6 is 11.3 Å². The van der Waals surface area contributed by atoms with Gasteiger partial charge >= 0.3 is 6.18 Å². The van der Waals surface area contributed by atoms with Crippen LogP contribution in [0.2, 0.25) is 0 Å². The number of halogens is 3. The average molecular weight is 325 g/mol. The minimum atomic E-state index is -4.53. The fourth-order valence-electron chi connectivity index (χ4n) is 1.85. The Bertz CT molecular complexity index is 747. The van der Waals surface area contributed by atoms with Gasteiger partial charge in [0.25, 0.3) is 0 Å². The maximum Gasteiger partial charge on any atom is 0.416 e. The second-order valence-electron chi connectivity index (χ2n) is 4.47. The van der Waals surface area contributed by atoms with Gasteiger partial charge in [-0.25, -0.2) is 4.98 Å². The van der Waals surface area contributed by atoms with Crippen molar-refractivity contribution in [1.82, 2.24) is 4.98 Å². The second-order valence-corrected chi connectivity index (χ2v) is 5.59. The molecule has 8 heteroatoms. The number of rotatable bonds is 3. The van der Waals surface area contributed by atoms with Crippen LogP contribution in [0.5, 0.6) is 0 Å². The van der Waals surface area contributed by atoms with E-state index in [0.717, 1.165) is 17.4 Å². The lowest BCUT2D eigenvalue weighted by atomic mass is 10.0. The lowest BCUT2D eigenvalue weighted by Gasteiger charge is -2.12. The standard InChI is InChI=1S/C14H10F3N3OS/c1-8(21)20-13-19-7-11(22-13)5-10-3-2-9(6-18)4-12(10)14(15,16)17/h2-4,7H,5H2,1H3,(H,19,20,21). The minimum Gasteiger partial charge on any atom is -0.302 e. The Balaban J connectivity index is 2.31. The van der Waals surface area contributed by atoms with Crippen molar-refractivity contribution in [3.8, 4) is 6.07 Å². The Kier molecular flexibility index (Phi) is 4.47. The van der Waals surface area contributed by atoms with Crippen molar-refractivity contribution in [2.75, 3.05) is 5.32 Å². The molecule has 0 spiro atoms. The van der Waals surface area contributed by atoms with E-state index < -0.39 is 11.7 Å². The summed E-state index contributed by atoms with van der Waals surface area (Å²) in [5, 5.41) is 11.5. The number of thiazole rings is 1. The summed E-state index contributed by atoms with van der Waals surface area (Å²) in [6, 6.07) is 5.18. The molecule has 0 saturated carbocycles. The molecule has 114 valence electrons. The van der Waals surface area contributed by atoms with Crippen LogP contribution in [0.25, 0.3) is 0 Å². The van der Waals surface area contributed by atoms with E-state index in [1.54, 1.807) is 6.07 Å². The summed E-state index contributed by atoms with van der Waals surface area (Å²) in [4.78, 5) is 15.4. The molecule has 0 aliphatic carbocycles. The van der Waals surface area contributed by atoms with Crippen molar-refractivity contribution in [3.05, 3.63) is 46.0 Å². The van der Waals surface area contributed by atoms with E-state index in [1.165, 1.54) is 25.3 Å². The SMILES string of the molecule is CC(=O)Nc1ncc(Cc2ccc(C#N)cc2C(F)(F)F)s1. The number of hydrogen-bond donors (Lipinski definition) is 1. The van der Waals surface area contributed by atoms with Gasteiger partial charge in [-0.1, -0.05) is 6.07 Å². The third kappa shape index (κ3) is 3.83. The molecule has 0 fully saturated rings. The van der Waals surface area contributed by atoms with Crippen LogP contribution in [-0.2, 0) is 17.4 Å². The molecule has 0 bridgehead atoms. The summed E-state index contributed by atoms with van der Waals surface area (Å²) in [6.07, 6.45) is -3.08. The highest BCUT2D eigenvalue weighted by atomic mass is 32.1. The monoisotopic (exact) mass is 325 g/mol. The topological polar surface area (TPSA) is 65.8 Å². The molecule has 0 unspecified atom stereocenters. The zero-order valence-corrected chi connectivity index (χ0v) is 12.2. The number of carbonyl (C=O) groups is 1. The molecule has 4 nitrogen and oxygen atoms in total. The molecule has 1 aromatic carbocycles. The van der Waals surface area contributed by atoms with Crippen molar-refractivity contribution < 1.29 is 18.0 Å². The van der Waals surface area contributed by atoms with Crippen molar-refractivity contribution in [2.24, 2.45) is 0 Å². The van der Waals surface area contributed by atoms with Gasteiger partial charge in [0.2, 0.25) is 5.91 Å². The normalized spacial score (nSPS) is 11.0. The predicted octanol–water partition coefficient (Wildman–Crippen LogP) is 3.58. The molecule has 0 saturated heterocycles.